The highest BCUT2D eigenvalue weighted by atomic mass is 32.1. The van der Waals surface area contributed by atoms with Gasteiger partial charge in [0.1, 0.15) is 5.75 Å². The zero-order valence-corrected chi connectivity index (χ0v) is 18.9. The van der Waals surface area contributed by atoms with Gasteiger partial charge in [0.25, 0.3) is 0 Å². The summed E-state index contributed by atoms with van der Waals surface area (Å²) in [5, 5.41) is 3.06. The summed E-state index contributed by atoms with van der Waals surface area (Å²) in [5.74, 6) is 1.46. The maximum atomic E-state index is 12.7. The summed E-state index contributed by atoms with van der Waals surface area (Å²) in [6, 6.07) is 7.83. The van der Waals surface area contributed by atoms with Gasteiger partial charge in [-0.1, -0.05) is 26.0 Å². The lowest BCUT2D eigenvalue weighted by Gasteiger charge is -2.22. The Morgan fingerprint density at radius 2 is 1.73 bits per heavy atom. The molecule has 2 amide bonds. The number of hydrogen-bond acceptors (Lipinski definition) is 5. The van der Waals surface area contributed by atoms with Gasteiger partial charge in [0.05, 0.1) is 24.2 Å². The van der Waals surface area contributed by atoms with Gasteiger partial charge >= 0.3 is 0 Å². The van der Waals surface area contributed by atoms with Crippen LogP contribution in [0, 0.1) is 0 Å². The standard InChI is InChI=1S/C23H31N3O3S/c1-17(2)23-24-19(16-30-23)15-22(28)26-12-4-11-25(13-14-26)21(27)10-7-18-5-8-20(29-3)9-6-18/h5-6,8-9,16-17H,4,7,10-15H2,1-3H3. The summed E-state index contributed by atoms with van der Waals surface area (Å²) < 4.78 is 5.17. The van der Waals surface area contributed by atoms with E-state index >= 15 is 0 Å². The first-order chi connectivity index (χ1) is 14.5. The first-order valence-electron chi connectivity index (χ1n) is 10.6. The number of rotatable bonds is 7. The van der Waals surface area contributed by atoms with Crippen LogP contribution in [0.3, 0.4) is 0 Å². The maximum absolute atomic E-state index is 12.7. The second-order valence-electron chi connectivity index (χ2n) is 7.97. The van der Waals surface area contributed by atoms with Gasteiger partial charge in [-0.3, -0.25) is 9.59 Å². The smallest absolute Gasteiger partial charge is 0.228 e. The molecule has 6 nitrogen and oxygen atoms in total. The summed E-state index contributed by atoms with van der Waals surface area (Å²) in [6.07, 6.45) is 2.35. The van der Waals surface area contributed by atoms with Crippen molar-refractivity contribution in [3.05, 3.63) is 45.9 Å². The van der Waals surface area contributed by atoms with E-state index in [-0.39, 0.29) is 11.8 Å². The number of amides is 2. The van der Waals surface area contributed by atoms with Crippen LogP contribution < -0.4 is 4.74 Å². The van der Waals surface area contributed by atoms with E-state index in [4.69, 9.17) is 4.74 Å². The van der Waals surface area contributed by atoms with Crippen LogP contribution in [0.15, 0.2) is 29.6 Å². The highest BCUT2D eigenvalue weighted by Gasteiger charge is 2.22. The fourth-order valence-corrected chi connectivity index (χ4v) is 4.39. The van der Waals surface area contributed by atoms with Crippen LogP contribution in [-0.4, -0.2) is 59.9 Å². The van der Waals surface area contributed by atoms with Gasteiger partial charge in [-0.25, -0.2) is 4.98 Å². The molecule has 1 aliphatic rings. The number of carbonyl (C=O) groups excluding carboxylic acids is 2. The second-order valence-corrected chi connectivity index (χ2v) is 8.86. The molecule has 1 aromatic heterocycles. The van der Waals surface area contributed by atoms with Crippen molar-refractivity contribution in [1.29, 1.82) is 0 Å². The molecule has 162 valence electrons. The Kier molecular flexibility index (Phi) is 7.85. The molecular formula is C23H31N3O3S. The average molecular weight is 430 g/mol. The molecule has 0 atom stereocenters. The highest BCUT2D eigenvalue weighted by Crippen LogP contribution is 2.20. The Morgan fingerprint density at radius 1 is 1.07 bits per heavy atom. The SMILES string of the molecule is COc1ccc(CCC(=O)N2CCCN(C(=O)Cc3csc(C(C)C)n3)CC2)cc1. The third-order valence-electron chi connectivity index (χ3n) is 5.38. The second kappa shape index (κ2) is 10.6. The van der Waals surface area contributed by atoms with Gasteiger partial charge in [-0.05, 0) is 30.5 Å². The van der Waals surface area contributed by atoms with Crippen molar-refractivity contribution < 1.29 is 14.3 Å². The quantitative estimate of drug-likeness (QED) is 0.676. The Hall–Kier alpha value is -2.41. The summed E-state index contributed by atoms with van der Waals surface area (Å²) in [5.41, 5.74) is 1.98. The maximum Gasteiger partial charge on any atom is 0.228 e. The van der Waals surface area contributed by atoms with E-state index in [1.807, 2.05) is 39.4 Å². The van der Waals surface area contributed by atoms with E-state index in [0.29, 0.717) is 51.4 Å². The molecule has 2 aromatic rings. The third-order valence-corrected chi connectivity index (χ3v) is 6.58. The van der Waals surface area contributed by atoms with Gasteiger partial charge in [0.15, 0.2) is 0 Å². The number of thiazole rings is 1. The Bertz CT molecular complexity index is 848. The number of ether oxygens (including phenoxy) is 1. The highest BCUT2D eigenvalue weighted by molar-refractivity contribution is 7.09. The van der Waals surface area contributed by atoms with Crippen LogP contribution in [-0.2, 0) is 22.4 Å². The Morgan fingerprint density at radius 3 is 2.33 bits per heavy atom. The minimum atomic E-state index is 0.100. The van der Waals surface area contributed by atoms with Gasteiger partial charge in [0, 0.05) is 43.9 Å². The summed E-state index contributed by atoms with van der Waals surface area (Å²) >= 11 is 1.62. The van der Waals surface area contributed by atoms with Crippen molar-refractivity contribution in [2.24, 2.45) is 0 Å². The Labute approximate surface area is 182 Å². The summed E-state index contributed by atoms with van der Waals surface area (Å²) in [4.78, 5) is 33.7. The third kappa shape index (κ3) is 6.05. The fraction of sp³-hybridized carbons (Fsp3) is 0.522. The topological polar surface area (TPSA) is 62.7 Å². The predicted molar refractivity (Wildman–Crippen MR) is 119 cm³/mol. The molecular weight excluding hydrogens is 398 g/mol. The lowest BCUT2D eigenvalue weighted by Crippen LogP contribution is -2.38. The number of benzene rings is 1. The van der Waals surface area contributed by atoms with Crippen molar-refractivity contribution >= 4 is 23.2 Å². The minimum absolute atomic E-state index is 0.100. The fourth-order valence-electron chi connectivity index (χ4n) is 3.55. The molecule has 0 saturated carbocycles. The molecule has 3 rings (SSSR count). The normalized spacial score (nSPS) is 14.7. The van der Waals surface area contributed by atoms with E-state index in [1.54, 1.807) is 18.4 Å². The molecule has 2 heterocycles. The van der Waals surface area contributed by atoms with E-state index < -0.39 is 0 Å². The first-order valence-corrected chi connectivity index (χ1v) is 11.5. The molecule has 30 heavy (non-hydrogen) atoms. The number of carbonyl (C=O) groups is 2. The molecule has 0 radical (unpaired) electrons. The van der Waals surface area contributed by atoms with Crippen LogP contribution in [0.1, 0.15) is 48.9 Å². The van der Waals surface area contributed by atoms with Crippen molar-refractivity contribution in [2.45, 2.75) is 45.4 Å². The van der Waals surface area contributed by atoms with Gasteiger partial charge in [-0.15, -0.1) is 11.3 Å². The summed E-state index contributed by atoms with van der Waals surface area (Å²) in [7, 11) is 1.64. The van der Waals surface area contributed by atoms with Crippen molar-refractivity contribution in [3.63, 3.8) is 0 Å². The lowest BCUT2D eigenvalue weighted by atomic mass is 10.1. The first kappa shape index (κ1) is 22.3. The van der Waals surface area contributed by atoms with Crippen LogP contribution >= 0.6 is 11.3 Å². The van der Waals surface area contributed by atoms with Crippen molar-refractivity contribution in [1.82, 2.24) is 14.8 Å². The zero-order chi connectivity index (χ0) is 21.5. The van der Waals surface area contributed by atoms with Crippen LogP contribution in [0.2, 0.25) is 0 Å². The summed E-state index contributed by atoms with van der Waals surface area (Å²) in [6.45, 7) is 6.82. The van der Waals surface area contributed by atoms with Gasteiger partial charge in [-0.2, -0.15) is 0 Å². The van der Waals surface area contributed by atoms with Crippen molar-refractivity contribution in [3.8, 4) is 5.75 Å². The monoisotopic (exact) mass is 429 g/mol. The molecule has 7 heteroatoms. The molecule has 0 unspecified atom stereocenters. The molecule has 1 aliphatic heterocycles. The van der Waals surface area contributed by atoms with E-state index in [2.05, 4.69) is 18.8 Å². The zero-order valence-electron chi connectivity index (χ0n) is 18.1. The number of aromatic nitrogens is 1. The molecule has 0 aliphatic carbocycles. The molecule has 0 N–H and O–H groups in total. The molecule has 1 fully saturated rings. The molecule has 0 spiro atoms. The van der Waals surface area contributed by atoms with E-state index in [9.17, 15) is 9.59 Å². The molecule has 0 bridgehead atoms. The largest absolute Gasteiger partial charge is 0.497 e. The minimum Gasteiger partial charge on any atom is -0.497 e. The predicted octanol–water partition coefficient (Wildman–Crippen LogP) is 3.51. The van der Waals surface area contributed by atoms with Gasteiger partial charge < -0.3 is 14.5 Å². The number of aryl methyl sites for hydroxylation is 1. The Balaban J connectivity index is 1.47. The van der Waals surface area contributed by atoms with E-state index in [0.717, 1.165) is 28.4 Å². The number of nitrogens with zero attached hydrogens (tertiary/aromatic N) is 3. The van der Waals surface area contributed by atoms with Crippen molar-refractivity contribution in [2.75, 3.05) is 33.3 Å². The number of methoxy groups -OCH3 is 1. The molecule has 1 saturated heterocycles. The molecule has 1 aromatic carbocycles. The number of hydrogen-bond donors (Lipinski definition) is 0. The average Bonchev–Trinajstić information content (AvgIpc) is 3.07. The lowest BCUT2D eigenvalue weighted by molar-refractivity contribution is -0.133. The van der Waals surface area contributed by atoms with Crippen LogP contribution in [0.4, 0.5) is 0 Å². The van der Waals surface area contributed by atoms with Crippen LogP contribution in [0.5, 0.6) is 5.75 Å². The van der Waals surface area contributed by atoms with Crippen LogP contribution in [0.25, 0.3) is 0 Å². The van der Waals surface area contributed by atoms with Gasteiger partial charge in [0.2, 0.25) is 11.8 Å². The van der Waals surface area contributed by atoms with E-state index in [1.165, 1.54) is 0 Å².